The Labute approximate surface area is 224 Å². The molecule has 2 atom stereocenters. The first-order valence-corrected chi connectivity index (χ1v) is 13.0. The summed E-state index contributed by atoms with van der Waals surface area (Å²) in [6, 6.07) is 31.1. The van der Waals surface area contributed by atoms with Crippen molar-refractivity contribution < 1.29 is 14.3 Å². The fourth-order valence-electron chi connectivity index (χ4n) is 5.06. The number of amides is 2. The number of rotatable bonds is 6. The summed E-state index contributed by atoms with van der Waals surface area (Å²) >= 11 is 0. The highest BCUT2D eigenvalue weighted by Crippen LogP contribution is 2.38. The molecule has 1 aliphatic heterocycles. The number of hydrogen-bond acceptors (Lipinski definition) is 3. The van der Waals surface area contributed by atoms with Gasteiger partial charge in [-0.1, -0.05) is 66.2 Å². The van der Waals surface area contributed by atoms with E-state index in [0.717, 1.165) is 34.4 Å². The number of anilines is 1. The number of ether oxygens (including phenoxy) is 1. The molecular weight excluding hydrogens is 472 g/mol. The van der Waals surface area contributed by atoms with Gasteiger partial charge in [-0.25, -0.2) is 0 Å². The Kier molecular flexibility index (Phi) is 7.27. The maximum Gasteiger partial charge on any atom is 0.265 e. The number of carbonyl (C=O) groups excluding carboxylic acids is 2. The lowest BCUT2D eigenvalue weighted by Gasteiger charge is -2.38. The van der Waals surface area contributed by atoms with Crippen LogP contribution in [0.4, 0.5) is 5.69 Å². The molecule has 5 rings (SSSR count). The standard InChI is InChI=1S/C33H32N2O3/c1-22-9-7-13-27(19-22)31-30-21-29(38-24(3)32(36)34-28-14-8-10-23(2)20-28)16-15-25(30)17-18-35(31)33(37)26-11-5-4-6-12-26/h4-16,19-21,24,31H,17-18H2,1-3H3,(H,34,36)/t24-,31-/m1/s1. The maximum atomic E-state index is 13.7. The normalized spacial score (nSPS) is 15.3. The first-order valence-electron chi connectivity index (χ1n) is 13.0. The Balaban J connectivity index is 1.45. The molecule has 4 aromatic rings. The molecule has 0 saturated carbocycles. The molecule has 0 spiro atoms. The smallest absolute Gasteiger partial charge is 0.265 e. The molecular formula is C33H32N2O3. The second kappa shape index (κ2) is 10.9. The van der Waals surface area contributed by atoms with Crippen molar-refractivity contribution >= 4 is 17.5 Å². The fraction of sp³-hybridized carbons (Fsp3) is 0.212. The van der Waals surface area contributed by atoms with Crippen LogP contribution in [-0.2, 0) is 11.2 Å². The second-order valence-electron chi connectivity index (χ2n) is 9.91. The summed E-state index contributed by atoms with van der Waals surface area (Å²) in [6.07, 6.45) is 0.0523. The molecule has 0 radical (unpaired) electrons. The fourth-order valence-corrected chi connectivity index (χ4v) is 5.06. The van der Waals surface area contributed by atoms with Crippen LogP contribution in [0, 0.1) is 13.8 Å². The highest BCUT2D eigenvalue weighted by molar-refractivity contribution is 5.95. The second-order valence-corrected chi connectivity index (χ2v) is 9.91. The van der Waals surface area contributed by atoms with Crippen LogP contribution in [-0.4, -0.2) is 29.4 Å². The van der Waals surface area contributed by atoms with E-state index in [9.17, 15) is 9.59 Å². The number of fused-ring (bicyclic) bond motifs is 1. The highest BCUT2D eigenvalue weighted by atomic mass is 16.5. The van der Waals surface area contributed by atoms with Crippen molar-refractivity contribution in [3.8, 4) is 5.75 Å². The summed E-state index contributed by atoms with van der Waals surface area (Å²) in [5.74, 6) is 0.381. The monoisotopic (exact) mass is 504 g/mol. The summed E-state index contributed by atoms with van der Waals surface area (Å²) in [7, 11) is 0. The lowest BCUT2D eigenvalue weighted by atomic mass is 9.87. The Morgan fingerprint density at radius 2 is 1.61 bits per heavy atom. The minimum absolute atomic E-state index is 0.0000204. The van der Waals surface area contributed by atoms with Crippen LogP contribution in [0.3, 0.4) is 0 Å². The van der Waals surface area contributed by atoms with E-state index in [0.29, 0.717) is 17.9 Å². The Hall–Kier alpha value is -4.38. The third-order valence-corrected chi connectivity index (χ3v) is 6.95. The zero-order valence-electron chi connectivity index (χ0n) is 22.0. The predicted molar refractivity (Wildman–Crippen MR) is 151 cm³/mol. The number of benzene rings is 4. The third kappa shape index (κ3) is 5.47. The van der Waals surface area contributed by atoms with Gasteiger partial charge in [-0.05, 0) is 85.8 Å². The summed E-state index contributed by atoms with van der Waals surface area (Å²) < 4.78 is 6.12. The van der Waals surface area contributed by atoms with Gasteiger partial charge in [0.05, 0.1) is 6.04 Å². The lowest BCUT2D eigenvalue weighted by molar-refractivity contribution is -0.122. The van der Waals surface area contributed by atoms with Crippen molar-refractivity contribution in [1.29, 1.82) is 0 Å². The van der Waals surface area contributed by atoms with Crippen LogP contribution in [0.1, 0.15) is 51.1 Å². The molecule has 192 valence electrons. The van der Waals surface area contributed by atoms with Crippen molar-refractivity contribution in [2.75, 3.05) is 11.9 Å². The molecule has 0 aliphatic carbocycles. The molecule has 1 heterocycles. The van der Waals surface area contributed by atoms with Crippen molar-refractivity contribution in [1.82, 2.24) is 4.90 Å². The average Bonchev–Trinajstić information content (AvgIpc) is 2.92. The van der Waals surface area contributed by atoms with Crippen molar-refractivity contribution in [2.45, 2.75) is 39.3 Å². The number of aryl methyl sites for hydroxylation is 2. The van der Waals surface area contributed by atoms with Gasteiger partial charge >= 0.3 is 0 Å². The molecule has 0 bridgehead atoms. The maximum absolute atomic E-state index is 13.7. The molecule has 5 heteroatoms. The van der Waals surface area contributed by atoms with Gasteiger partial charge in [-0.15, -0.1) is 0 Å². The molecule has 2 amide bonds. The minimum Gasteiger partial charge on any atom is -0.481 e. The van der Waals surface area contributed by atoms with Crippen LogP contribution in [0.5, 0.6) is 5.75 Å². The van der Waals surface area contributed by atoms with E-state index in [-0.39, 0.29) is 17.9 Å². The van der Waals surface area contributed by atoms with Crippen molar-refractivity contribution in [3.63, 3.8) is 0 Å². The molecule has 0 fully saturated rings. The van der Waals surface area contributed by atoms with Crippen LogP contribution >= 0.6 is 0 Å². The van der Waals surface area contributed by atoms with E-state index < -0.39 is 6.10 Å². The lowest BCUT2D eigenvalue weighted by Crippen LogP contribution is -2.40. The van der Waals surface area contributed by atoms with E-state index in [1.54, 1.807) is 6.92 Å². The first kappa shape index (κ1) is 25.3. The molecule has 0 unspecified atom stereocenters. The summed E-state index contributed by atoms with van der Waals surface area (Å²) in [5, 5.41) is 2.93. The topological polar surface area (TPSA) is 58.6 Å². The molecule has 5 nitrogen and oxygen atoms in total. The van der Waals surface area contributed by atoms with E-state index in [1.165, 1.54) is 5.56 Å². The highest BCUT2D eigenvalue weighted by Gasteiger charge is 2.33. The van der Waals surface area contributed by atoms with Gasteiger partial charge in [-0.3, -0.25) is 9.59 Å². The van der Waals surface area contributed by atoms with Gasteiger partial charge in [-0.2, -0.15) is 0 Å². The molecule has 1 N–H and O–H groups in total. The Morgan fingerprint density at radius 1 is 0.868 bits per heavy atom. The zero-order chi connectivity index (χ0) is 26.6. The van der Waals surface area contributed by atoms with Crippen LogP contribution in [0.25, 0.3) is 0 Å². The molecule has 0 aromatic heterocycles. The zero-order valence-corrected chi connectivity index (χ0v) is 22.0. The predicted octanol–water partition coefficient (Wildman–Crippen LogP) is 6.50. The van der Waals surface area contributed by atoms with E-state index in [1.807, 2.05) is 84.6 Å². The van der Waals surface area contributed by atoms with E-state index in [4.69, 9.17) is 4.74 Å². The third-order valence-electron chi connectivity index (χ3n) is 6.95. The number of nitrogens with one attached hydrogen (secondary N) is 1. The van der Waals surface area contributed by atoms with Gasteiger partial charge in [0.2, 0.25) is 0 Å². The first-order chi connectivity index (χ1) is 18.4. The summed E-state index contributed by atoms with van der Waals surface area (Å²) in [5.41, 5.74) is 6.87. The largest absolute Gasteiger partial charge is 0.481 e. The number of nitrogens with zero attached hydrogens (tertiary/aromatic N) is 1. The van der Waals surface area contributed by atoms with Crippen LogP contribution < -0.4 is 10.1 Å². The molecule has 0 saturated heterocycles. The van der Waals surface area contributed by atoms with Gasteiger partial charge in [0, 0.05) is 17.8 Å². The van der Waals surface area contributed by atoms with Gasteiger partial charge in [0.25, 0.3) is 11.8 Å². The van der Waals surface area contributed by atoms with E-state index >= 15 is 0 Å². The summed E-state index contributed by atoms with van der Waals surface area (Å²) in [4.78, 5) is 28.5. The Morgan fingerprint density at radius 3 is 2.34 bits per heavy atom. The van der Waals surface area contributed by atoms with E-state index in [2.05, 4.69) is 36.5 Å². The van der Waals surface area contributed by atoms with Crippen LogP contribution in [0.15, 0.2) is 97.1 Å². The van der Waals surface area contributed by atoms with Gasteiger partial charge < -0.3 is 15.0 Å². The Bertz CT molecular complexity index is 1460. The van der Waals surface area contributed by atoms with Crippen molar-refractivity contribution in [2.24, 2.45) is 0 Å². The van der Waals surface area contributed by atoms with Crippen molar-refractivity contribution in [3.05, 3.63) is 130 Å². The minimum atomic E-state index is -0.698. The molecule has 1 aliphatic rings. The van der Waals surface area contributed by atoms with Gasteiger partial charge in [0.15, 0.2) is 6.10 Å². The summed E-state index contributed by atoms with van der Waals surface area (Å²) in [6.45, 7) is 6.41. The van der Waals surface area contributed by atoms with Gasteiger partial charge in [0.1, 0.15) is 5.75 Å². The number of carbonyl (C=O) groups is 2. The quantitative estimate of drug-likeness (QED) is 0.326. The SMILES string of the molecule is Cc1cccc(NC(=O)[C@@H](C)Oc2ccc3c(c2)[C@@H](c2cccc(C)c2)N(C(=O)c2ccccc2)CC3)c1. The molecule has 38 heavy (non-hydrogen) atoms. The molecule has 4 aromatic carbocycles. The average molecular weight is 505 g/mol. The van der Waals surface area contributed by atoms with Crippen LogP contribution in [0.2, 0.25) is 0 Å². The number of hydrogen-bond donors (Lipinski definition) is 1.